The molecule has 23 heavy (non-hydrogen) atoms. The molecule has 3 heteroatoms. The molecule has 2 bridgehead atoms. The van der Waals surface area contributed by atoms with Crippen LogP contribution in [0.1, 0.15) is 39.3 Å². The van der Waals surface area contributed by atoms with Gasteiger partial charge in [-0.3, -0.25) is 0 Å². The quantitative estimate of drug-likeness (QED) is 0.672. The van der Waals surface area contributed by atoms with Gasteiger partial charge in [0.05, 0.1) is 0 Å². The Kier molecular flexibility index (Phi) is 2.61. The molecule has 0 radical (unpaired) electrons. The van der Waals surface area contributed by atoms with Crippen LogP contribution in [-0.4, -0.2) is 18.4 Å². The van der Waals surface area contributed by atoms with Crippen molar-refractivity contribution >= 4 is 14.2 Å². The molecule has 0 spiro atoms. The van der Waals surface area contributed by atoms with Gasteiger partial charge in [-0.05, 0) is 0 Å². The fraction of sp³-hybridized carbons (Fsp3) is 0.100. The summed E-state index contributed by atoms with van der Waals surface area (Å²) in [5.41, 5.74) is 6.52. The third-order valence-electron chi connectivity index (χ3n) is 5.22. The third-order valence-corrected chi connectivity index (χ3v) is 7.70. The van der Waals surface area contributed by atoms with Crippen molar-refractivity contribution in [3.8, 4) is 0 Å². The SMILES string of the molecule is O=[Se](O)C12c3ccccc3C(c3ccccc31)c1ccccc12. The molecular formula is C20H14O2Se. The first-order valence-corrected chi connectivity index (χ1v) is 9.97. The van der Waals surface area contributed by atoms with E-state index in [2.05, 4.69) is 18.2 Å². The Bertz CT molecular complexity index is 861. The average Bonchev–Trinajstić information content (AvgIpc) is 2.61. The zero-order valence-corrected chi connectivity index (χ0v) is 14.0. The molecule has 3 aromatic carbocycles. The number of hydrogen-bond donors (Lipinski definition) is 1. The Morgan fingerprint density at radius 3 is 1.39 bits per heavy atom. The van der Waals surface area contributed by atoms with E-state index in [9.17, 15) is 8.02 Å². The molecule has 0 saturated heterocycles. The van der Waals surface area contributed by atoms with E-state index >= 15 is 0 Å². The fourth-order valence-corrected chi connectivity index (χ4v) is 6.78. The molecule has 0 heterocycles. The predicted molar refractivity (Wildman–Crippen MR) is 88.8 cm³/mol. The minimum atomic E-state index is -3.15. The Morgan fingerprint density at radius 2 is 1.04 bits per heavy atom. The van der Waals surface area contributed by atoms with Gasteiger partial charge in [-0.15, -0.1) is 0 Å². The second kappa shape index (κ2) is 4.48. The minimum absolute atomic E-state index is 0.158. The van der Waals surface area contributed by atoms with E-state index in [4.69, 9.17) is 0 Å². The van der Waals surface area contributed by atoms with Gasteiger partial charge in [0.1, 0.15) is 0 Å². The fourth-order valence-electron chi connectivity index (χ4n) is 4.43. The van der Waals surface area contributed by atoms with Gasteiger partial charge < -0.3 is 0 Å². The molecule has 3 aromatic rings. The van der Waals surface area contributed by atoms with Crippen LogP contribution in [0.15, 0.2) is 72.8 Å². The van der Waals surface area contributed by atoms with Crippen molar-refractivity contribution in [2.75, 3.05) is 0 Å². The van der Waals surface area contributed by atoms with Crippen molar-refractivity contribution < 1.29 is 8.02 Å². The molecule has 1 atom stereocenters. The second-order valence-electron chi connectivity index (χ2n) is 6.13. The zero-order valence-electron chi connectivity index (χ0n) is 12.3. The maximum absolute atomic E-state index is 12.8. The first kappa shape index (κ1) is 13.4. The van der Waals surface area contributed by atoms with Gasteiger partial charge in [-0.25, -0.2) is 0 Å². The average molecular weight is 365 g/mol. The molecule has 0 fully saturated rings. The van der Waals surface area contributed by atoms with Crippen LogP contribution in [0.4, 0.5) is 0 Å². The van der Waals surface area contributed by atoms with Gasteiger partial charge in [-0.1, -0.05) is 0 Å². The Balaban J connectivity index is 2.04. The number of rotatable bonds is 1. The van der Waals surface area contributed by atoms with Gasteiger partial charge >= 0.3 is 139 Å². The van der Waals surface area contributed by atoms with Crippen molar-refractivity contribution in [2.45, 2.75) is 10.2 Å². The molecule has 1 unspecified atom stereocenters. The second-order valence-corrected chi connectivity index (χ2v) is 8.46. The molecule has 2 nitrogen and oxygen atoms in total. The molecule has 6 rings (SSSR count). The van der Waals surface area contributed by atoms with Gasteiger partial charge in [0.25, 0.3) is 0 Å². The van der Waals surface area contributed by atoms with Crippen LogP contribution in [0.3, 0.4) is 0 Å². The third kappa shape index (κ3) is 1.43. The van der Waals surface area contributed by atoms with Crippen molar-refractivity contribution in [1.82, 2.24) is 0 Å². The molecular weight excluding hydrogens is 351 g/mol. The topological polar surface area (TPSA) is 37.3 Å². The summed E-state index contributed by atoms with van der Waals surface area (Å²) in [7, 11) is 0. The van der Waals surface area contributed by atoms with E-state index in [0.717, 1.165) is 16.7 Å². The Morgan fingerprint density at radius 1 is 0.696 bits per heavy atom. The molecule has 112 valence electrons. The normalized spacial score (nSPS) is 24.5. The van der Waals surface area contributed by atoms with Crippen molar-refractivity contribution in [3.63, 3.8) is 0 Å². The predicted octanol–water partition coefficient (Wildman–Crippen LogP) is 3.28. The van der Waals surface area contributed by atoms with Crippen LogP contribution >= 0.6 is 0 Å². The van der Waals surface area contributed by atoms with Crippen LogP contribution in [0.25, 0.3) is 0 Å². The monoisotopic (exact) mass is 366 g/mol. The molecule has 0 amide bonds. The van der Waals surface area contributed by atoms with E-state index in [1.165, 1.54) is 16.7 Å². The van der Waals surface area contributed by atoms with E-state index in [0.29, 0.717) is 0 Å². The van der Waals surface area contributed by atoms with E-state index in [-0.39, 0.29) is 5.92 Å². The van der Waals surface area contributed by atoms with E-state index < -0.39 is 18.5 Å². The number of hydrogen-bond acceptors (Lipinski definition) is 1. The first-order chi connectivity index (χ1) is 11.3. The summed E-state index contributed by atoms with van der Waals surface area (Å²) in [6.45, 7) is 0. The van der Waals surface area contributed by atoms with Gasteiger partial charge in [0.2, 0.25) is 0 Å². The van der Waals surface area contributed by atoms with Crippen LogP contribution in [0, 0.1) is 0 Å². The van der Waals surface area contributed by atoms with E-state index in [1.807, 2.05) is 54.6 Å². The number of benzene rings is 3. The van der Waals surface area contributed by atoms with Gasteiger partial charge in [0, 0.05) is 0 Å². The summed E-state index contributed by atoms with van der Waals surface area (Å²) in [5, 5.41) is 0. The van der Waals surface area contributed by atoms with Crippen molar-refractivity contribution in [3.05, 3.63) is 106 Å². The summed E-state index contributed by atoms with van der Waals surface area (Å²) >= 11 is -3.15. The Labute approximate surface area is 138 Å². The van der Waals surface area contributed by atoms with Gasteiger partial charge in [-0.2, -0.15) is 0 Å². The van der Waals surface area contributed by atoms with Crippen LogP contribution in [0.2, 0.25) is 0 Å². The molecule has 3 aliphatic rings. The van der Waals surface area contributed by atoms with Crippen LogP contribution < -0.4 is 0 Å². The van der Waals surface area contributed by atoms with E-state index in [1.54, 1.807) is 0 Å². The summed E-state index contributed by atoms with van der Waals surface area (Å²) in [5.74, 6) is 0.158. The van der Waals surface area contributed by atoms with Gasteiger partial charge in [0.15, 0.2) is 0 Å². The molecule has 0 saturated carbocycles. The zero-order chi connectivity index (χ0) is 15.6. The summed E-state index contributed by atoms with van der Waals surface area (Å²) in [6.07, 6.45) is 0. The van der Waals surface area contributed by atoms with Crippen molar-refractivity contribution in [2.24, 2.45) is 0 Å². The summed E-state index contributed by atoms with van der Waals surface area (Å²) in [4.78, 5) is 0. The van der Waals surface area contributed by atoms with Crippen LogP contribution in [-0.2, 0) is 8.15 Å². The summed E-state index contributed by atoms with van der Waals surface area (Å²) in [6, 6.07) is 24.4. The standard InChI is InChI=1S/C20H14O2Se/c21-23(22)20-16-10-4-1-7-13(16)19(14-8-2-5-11-17(14)20)15-9-3-6-12-18(15)20/h1-12,19H,(H,21,22). The summed E-state index contributed by atoms with van der Waals surface area (Å²) < 4.78 is 22.5. The molecule has 0 aliphatic heterocycles. The molecule has 0 aromatic heterocycles. The van der Waals surface area contributed by atoms with Crippen molar-refractivity contribution in [1.29, 1.82) is 0 Å². The molecule has 3 aliphatic carbocycles. The first-order valence-electron chi connectivity index (χ1n) is 7.65. The van der Waals surface area contributed by atoms with Crippen LogP contribution in [0.5, 0.6) is 0 Å². The molecule has 1 N–H and O–H groups in total. The Hall–Kier alpha value is -2.06. The maximum atomic E-state index is 12.8.